The van der Waals surface area contributed by atoms with Gasteiger partial charge in [0.15, 0.2) is 5.17 Å². The van der Waals surface area contributed by atoms with Gasteiger partial charge in [0.25, 0.3) is 0 Å². The largest absolute Gasteiger partial charge is 0.329 e. The summed E-state index contributed by atoms with van der Waals surface area (Å²) in [6, 6.07) is 15.7. The lowest BCUT2D eigenvalue weighted by molar-refractivity contribution is -0.129. The lowest BCUT2D eigenvalue weighted by Gasteiger charge is -2.23. The average Bonchev–Trinajstić information content (AvgIpc) is 3.28. The minimum absolute atomic E-state index is 0.0102. The van der Waals surface area contributed by atoms with E-state index < -0.39 is 0 Å². The van der Waals surface area contributed by atoms with Crippen LogP contribution in [0, 0.1) is 6.92 Å². The minimum Gasteiger partial charge on any atom is -0.292 e. The Labute approximate surface area is 180 Å². The van der Waals surface area contributed by atoms with Crippen molar-refractivity contribution < 1.29 is 4.79 Å². The van der Waals surface area contributed by atoms with Gasteiger partial charge in [-0.15, -0.1) is 0 Å². The summed E-state index contributed by atoms with van der Waals surface area (Å²) in [7, 11) is 0. The SMILES string of the molecule is CCC1CSC(=Nc2ccc(C)cc2)N1C(=O)Cn1c(=O)n(CC)c2ccccc21. The van der Waals surface area contributed by atoms with E-state index in [0.29, 0.717) is 11.7 Å². The molecule has 1 fully saturated rings. The van der Waals surface area contributed by atoms with Gasteiger partial charge in [-0.05, 0) is 44.5 Å². The fraction of sp³-hybridized carbons (Fsp3) is 0.348. The summed E-state index contributed by atoms with van der Waals surface area (Å²) in [6.07, 6.45) is 0.845. The van der Waals surface area contributed by atoms with Crippen LogP contribution in [0.1, 0.15) is 25.8 Å². The van der Waals surface area contributed by atoms with E-state index >= 15 is 0 Å². The molecule has 0 bridgehead atoms. The molecule has 1 atom stereocenters. The van der Waals surface area contributed by atoms with Crippen molar-refractivity contribution in [1.29, 1.82) is 0 Å². The smallest absolute Gasteiger partial charge is 0.292 e. The third-order valence-corrected chi connectivity index (χ3v) is 6.61. The van der Waals surface area contributed by atoms with Crippen LogP contribution in [0.2, 0.25) is 0 Å². The number of benzene rings is 2. The van der Waals surface area contributed by atoms with E-state index in [-0.39, 0.29) is 24.2 Å². The Morgan fingerprint density at radius 3 is 2.37 bits per heavy atom. The molecule has 6 nitrogen and oxygen atoms in total. The number of carbonyl (C=O) groups excluding carboxylic acids is 1. The van der Waals surface area contributed by atoms with Gasteiger partial charge in [0, 0.05) is 18.3 Å². The fourth-order valence-electron chi connectivity index (χ4n) is 3.84. The van der Waals surface area contributed by atoms with Gasteiger partial charge in [-0.25, -0.2) is 9.79 Å². The predicted octanol–water partition coefficient (Wildman–Crippen LogP) is 4.17. The third-order valence-electron chi connectivity index (χ3n) is 5.51. The van der Waals surface area contributed by atoms with Gasteiger partial charge in [0.05, 0.1) is 16.7 Å². The van der Waals surface area contributed by atoms with Crippen LogP contribution in [0.15, 0.2) is 58.3 Å². The molecule has 0 saturated carbocycles. The first-order chi connectivity index (χ1) is 14.5. The summed E-state index contributed by atoms with van der Waals surface area (Å²) in [6.45, 7) is 6.63. The fourth-order valence-corrected chi connectivity index (χ4v) is 5.13. The predicted molar refractivity (Wildman–Crippen MR) is 124 cm³/mol. The van der Waals surface area contributed by atoms with Crippen molar-refractivity contribution in [3.63, 3.8) is 0 Å². The van der Waals surface area contributed by atoms with E-state index in [9.17, 15) is 9.59 Å². The molecule has 1 amide bonds. The molecule has 1 aromatic heterocycles. The second kappa shape index (κ2) is 8.52. The Morgan fingerprint density at radius 1 is 1.07 bits per heavy atom. The molecule has 1 aliphatic rings. The monoisotopic (exact) mass is 422 g/mol. The van der Waals surface area contributed by atoms with E-state index in [0.717, 1.165) is 28.9 Å². The highest BCUT2D eigenvalue weighted by Crippen LogP contribution is 2.29. The van der Waals surface area contributed by atoms with E-state index in [4.69, 9.17) is 4.99 Å². The Balaban J connectivity index is 1.69. The normalized spacial score (nSPS) is 17.9. The first-order valence-corrected chi connectivity index (χ1v) is 11.3. The van der Waals surface area contributed by atoms with Crippen molar-refractivity contribution in [3.8, 4) is 0 Å². The summed E-state index contributed by atoms with van der Waals surface area (Å²) in [4.78, 5) is 32.9. The molecule has 2 aromatic carbocycles. The maximum absolute atomic E-state index is 13.4. The van der Waals surface area contributed by atoms with Gasteiger partial charge in [-0.3, -0.25) is 18.8 Å². The molecule has 1 aliphatic heterocycles. The molecule has 0 N–H and O–H groups in total. The van der Waals surface area contributed by atoms with Crippen LogP contribution in [0.3, 0.4) is 0 Å². The van der Waals surface area contributed by atoms with Gasteiger partial charge >= 0.3 is 5.69 Å². The van der Waals surface area contributed by atoms with Crippen molar-refractivity contribution in [2.24, 2.45) is 4.99 Å². The molecule has 2 heterocycles. The van der Waals surface area contributed by atoms with Crippen LogP contribution in [0.5, 0.6) is 0 Å². The number of aliphatic imine (C=N–C) groups is 1. The lowest BCUT2D eigenvalue weighted by Crippen LogP contribution is -2.42. The van der Waals surface area contributed by atoms with Crippen LogP contribution in [-0.4, -0.2) is 36.9 Å². The van der Waals surface area contributed by atoms with Crippen LogP contribution >= 0.6 is 11.8 Å². The van der Waals surface area contributed by atoms with Crippen molar-refractivity contribution in [2.75, 3.05) is 5.75 Å². The van der Waals surface area contributed by atoms with Crippen LogP contribution in [0.4, 0.5) is 5.69 Å². The number of aryl methyl sites for hydroxylation is 2. The van der Waals surface area contributed by atoms with Gasteiger partial charge in [-0.1, -0.05) is 48.5 Å². The molecule has 0 aliphatic carbocycles. The van der Waals surface area contributed by atoms with Crippen LogP contribution < -0.4 is 5.69 Å². The third kappa shape index (κ3) is 3.69. The van der Waals surface area contributed by atoms with E-state index in [2.05, 4.69) is 6.92 Å². The molecule has 1 unspecified atom stereocenters. The number of amides is 1. The molecule has 30 heavy (non-hydrogen) atoms. The first kappa shape index (κ1) is 20.5. The second-order valence-corrected chi connectivity index (χ2v) is 8.46. The molecule has 156 valence electrons. The van der Waals surface area contributed by atoms with Crippen molar-refractivity contribution in [2.45, 2.75) is 46.3 Å². The maximum atomic E-state index is 13.4. The van der Waals surface area contributed by atoms with E-state index in [1.807, 2.05) is 62.4 Å². The molecule has 0 spiro atoms. The topological polar surface area (TPSA) is 59.6 Å². The van der Waals surface area contributed by atoms with Crippen LogP contribution in [-0.2, 0) is 17.9 Å². The highest BCUT2D eigenvalue weighted by molar-refractivity contribution is 8.14. The summed E-state index contributed by atoms with van der Waals surface area (Å²) in [5.74, 6) is 0.720. The van der Waals surface area contributed by atoms with E-state index in [1.54, 1.807) is 25.8 Å². The number of para-hydroxylation sites is 2. The summed E-state index contributed by atoms with van der Waals surface area (Å²) >= 11 is 1.60. The van der Waals surface area contributed by atoms with Gasteiger partial charge in [0.2, 0.25) is 5.91 Å². The Morgan fingerprint density at radius 2 is 1.73 bits per heavy atom. The van der Waals surface area contributed by atoms with Gasteiger partial charge < -0.3 is 0 Å². The highest BCUT2D eigenvalue weighted by atomic mass is 32.2. The molecule has 4 rings (SSSR count). The van der Waals surface area contributed by atoms with Gasteiger partial charge in [-0.2, -0.15) is 0 Å². The molecule has 3 aromatic rings. The van der Waals surface area contributed by atoms with Crippen molar-refractivity contribution >= 4 is 39.6 Å². The number of rotatable bonds is 5. The summed E-state index contributed by atoms with van der Waals surface area (Å²) < 4.78 is 3.29. The molecular weight excluding hydrogens is 396 g/mol. The number of hydrogen-bond donors (Lipinski definition) is 0. The van der Waals surface area contributed by atoms with E-state index in [1.165, 1.54) is 5.56 Å². The number of imidazole rings is 1. The second-order valence-electron chi connectivity index (χ2n) is 7.47. The number of hydrogen-bond acceptors (Lipinski definition) is 4. The first-order valence-electron chi connectivity index (χ1n) is 10.3. The standard InChI is InChI=1S/C23H26N4O2S/c1-4-18-15-30-22(24-17-12-10-16(3)11-13-17)27(18)21(28)14-26-20-9-7-6-8-19(20)25(5-2)23(26)29/h6-13,18H,4-5,14-15H2,1-3H3. The molecule has 7 heteroatoms. The number of fused-ring (bicyclic) bond motifs is 1. The zero-order chi connectivity index (χ0) is 21.3. The van der Waals surface area contributed by atoms with Crippen LogP contribution in [0.25, 0.3) is 11.0 Å². The minimum atomic E-state index is -0.149. The summed E-state index contributed by atoms with van der Waals surface area (Å²) in [5, 5.41) is 0.711. The number of amidine groups is 1. The average molecular weight is 423 g/mol. The number of carbonyl (C=O) groups is 1. The number of aromatic nitrogens is 2. The number of thioether (sulfide) groups is 1. The lowest BCUT2D eigenvalue weighted by atomic mass is 10.2. The Kier molecular flexibility index (Phi) is 5.81. The molecule has 0 radical (unpaired) electrons. The maximum Gasteiger partial charge on any atom is 0.329 e. The summed E-state index contributed by atoms with van der Waals surface area (Å²) in [5.41, 5.74) is 3.49. The Bertz CT molecular complexity index is 1160. The van der Waals surface area contributed by atoms with Crippen molar-refractivity contribution in [3.05, 3.63) is 64.6 Å². The quantitative estimate of drug-likeness (QED) is 0.620. The Hall–Kier alpha value is -2.80. The van der Waals surface area contributed by atoms with Gasteiger partial charge in [0.1, 0.15) is 6.54 Å². The molecule has 1 saturated heterocycles. The number of nitrogens with zero attached hydrogens (tertiary/aromatic N) is 4. The highest BCUT2D eigenvalue weighted by Gasteiger charge is 2.34. The zero-order valence-corrected chi connectivity index (χ0v) is 18.4. The molecular formula is C23H26N4O2S. The van der Waals surface area contributed by atoms with Crippen molar-refractivity contribution in [1.82, 2.24) is 14.0 Å². The zero-order valence-electron chi connectivity index (χ0n) is 17.5.